The van der Waals surface area contributed by atoms with Gasteiger partial charge in [0.05, 0.1) is 0 Å². The van der Waals surface area contributed by atoms with E-state index in [1.165, 1.54) is 6.42 Å². The maximum Gasteiger partial charge on any atom is 0.000982 e. The van der Waals surface area contributed by atoms with Crippen molar-refractivity contribution < 1.29 is 0 Å². The lowest BCUT2D eigenvalue weighted by Gasteiger charge is -2.41. The molecule has 0 aliphatic carbocycles. The summed E-state index contributed by atoms with van der Waals surface area (Å²) in [6, 6.07) is 0. The smallest absolute Gasteiger partial charge is 0.000982 e. The van der Waals surface area contributed by atoms with Gasteiger partial charge in [-0.25, -0.2) is 0 Å². The SMILES string of the molecule is C=CCCC(CNC)(C(C)C)C(C)C. The molecule has 0 aromatic heterocycles. The number of nitrogens with one attached hydrogen (secondary N) is 1. The Morgan fingerprint density at radius 1 is 1.21 bits per heavy atom. The normalized spacial score (nSPS) is 12.5. The third-order valence-electron chi connectivity index (χ3n) is 3.62. The van der Waals surface area contributed by atoms with Crippen molar-refractivity contribution in [3.8, 4) is 0 Å². The van der Waals surface area contributed by atoms with Gasteiger partial charge in [0.2, 0.25) is 0 Å². The molecule has 0 aromatic carbocycles. The highest BCUT2D eigenvalue weighted by atomic mass is 14.8. The van der Waals surface area contributed by atoms with E-state index < -0.39 is 0 Å². The van der Waals surface area contributed by atoms with Crippen LogP contribution in [0.15, 0.2) is 12.7 Å². The minimum atomic E-state index is 0.420. The molecule has 0 radical (unpaired) electrons. The molecular weight excluding hydrogens is 170 g/mol. The molecule has 0 aliphatic heterocycles. The average molecular weight is 197 g/mol. The fourth-order valence-electron chi connectivity index (χ4n) is 2.44. The topological polar surface area (TPSA) is 12.0 Å². The van der Waals surface area contributed by atoms with E-state index in [2.05, 4.69) is 39.6 Å². The predicted octanol–water partition coefficient (Wildman–Crippen LogP) is 3.47. The molecule has 14 heavy (non-hydrogen) atoms. The van der Waals surface area contributed by atoms with Crippen LogP contribution < -0.4 is 5.32 Å². The van der Waals surface area contributed by atoms with Gasteiger partial charge in [0.25, 0.3) is 0 Å². The van der Waals surface area contributed by atoms with Crippen LogP contribution in [0.3, 0.4) is 0 Å². The molecule has 1 nitrogen and oxygen atoms in total. The zero-order chi connectivity index (χ0) is 11.2. The van der Waals surface area contributed by atoms with Crippen LogP contribution in [0.5, 0.6) is 0 Å². The fraction of sp³-hybridized carbons (Fsp3) is 0.846. The van der Waals surface area contributed by atoms with E-state index in [0.717, 1.165) is 24.8 Å². The van der Waals surface area contributed by atoms with Gasteiger partial charge in [-0.15, -0.1) is 6.58 Å². The standard InChI is InChI=1S/C13H27N/c1-7-8-9-13(10-14-6,11(2)3)12(4)5/h7,11-12,14H,1,8-10H2,2-6H3. The molecule has 0 atom stereocenters. The van der Waals surface area contributed by atoms with E-state index in [1.54, 1.807) is 0 Å². The molecule has 1 N–H and O–H groups in total. The second-order valence-electron chi connectivity index (χ2n) is 4.90. The molecule has 0 saturated carbocycles. The van der Waals surface area contributed by atoms with Crippen molar-refractivity contribution in [2.45, 2.75) is 40.5 Å². The van der Waals surface area contributed by atoms with Crippen LogP contribution in [0.4, 0.5) is 0 Å². The first-order valence-corrected chi connectivity index (χ1v) is 5.76. The summed E-state index contributed by atoms with van der Waals surface area (Å²) in [7, 11) is 2.05. The molecular formula is C13H27N. The molecule has 84 valence electrons. The Balaban J connectivity index is 4.64. The van der Waals surface area contributed by atoms with Crippen LogP contribution in [0.25, 0.3) is 0 Å². The first-order chi connectivity index (χ1) is 6.51. The molecule has 0 spiro atoms. The first-order valence-electron chi connectivity index (χ1n) is 5.76. The van der Waals surface area contributed by atoms with Gasteiger partial charge in [-0.3, -0.25) is 0 Å². The van der Waals surface area contributed by atoms with Crippen molar-refractivity contribution in [2.24, 2.45) is 17.3 Å². The van der Waals surface area contributed by atoms with Crippen molar-refractivity contribution >= 4 is 0 Å². The van der Waals surface area contributed by atoms with E-state index in [9.17, 15) is 0 Å². The third-order valence-corrected chi connectivity index (χ3v) is 3.62. The van der Waals surface area contributed by atoms with Gasteiger partial charge in [-0.2, -0.15) is 0 Å². The molecule has 0 bridgehead atoms. The van der Waals surface area contributed by atoms with Gasteiger partial charge in [-0.1, -0.05) is 33.8 Å². The lowest BCUT2D eigenvalue weighted by Crippen LogP contribution is -2.41. The minimum Gasteiger partial charge on any atom is -0.319 e. The van der Waals surface area contributed by atoms with E-state index in [4.69, 9.17) is 0 Å². The Labute approximate surface area is 90.0 Å². The van der Waals surface area contributed by atoms with Crippen LogP contribution in [-0.4, -0.2) is 13.6 Å². The summed E-state index contributed by atoms with van der Waals surface area (Å²) in [6.45, 7) is 14.3. The van der Waals surface area contributed by atoms with Crippen molar-refractivity contribution in [2.75, 3.05) is 13.6 Å². The molecule has 0 fully saturated rings. The highest BCUT2D eigenvalue weighted by Gasteiger charge is 2.35. The van der Waals surface area contributed by atoms with Crippen molar-refractivity contribution in [1.82, 2.24) is 5.32 Å². The van der Waals surface area contributed by atoms with E-state index in [1.807, 2.05) is 13.1 Å². The molecule has 0 aliphatic rings. The summed E-state index contributed by atoms with van der Waals surface area (Å²) in [5, 5.41) is 3.35. The zero-order valence-electron chi connectivity index (χ0n) is 10.6. The third kappa shape index (κ3) is 3.13. The summed E-state index contributed by atoms with van der Waals surface area (Å²) in [5.74, 6) is 1.43. The molecule has 1 heteroatoms. The van der Waals surface area contributed by atoms with E-state index in [-0.39, 0.29) is 0 Å². The summed E-state index contributed by atoms with van der Waals surface area (Å²) in [6.07, 6.45) is 4.40. The second kappa shape index (κ2) is 6.23. The Kier molecular flexibility index (Phi) is 6.10. The number of hydrogen-bond acceptors (Lipinski definition) is 1. The Morgan fingerprint density at radius 2 is 1.71 bits per heavy atom. The molecule has 0 amide bonds. The van der Waals surface area contributed by atoms with Gasteiger partial charge < -0.3 is 5.32 Å². The molecule has 0 unspecified atom stereocenters. The Morgan fingerprint density at radius 3 is 2.00 bits per heavy atom. The molecule has 0 rings (SSSR count). The lowest BCUT2D eigenvalue weighted by atomic mass is 9.66. The monoisotopic (exact) mass is 197 g/mol. The maximum atomic E-state index is 3.82. The van der Waals surface area contributed by atoms with Gasteiger partial charge in [0.1, 0.15) is 0 Å². The van der Waals surface area contributed by atoms with Crippen LogP contribution >= 0.6 is 0 Å². The largest absolute Gasteiger partial charge is 0.319 e. The molecule has 0 heterocycles. The zero-order valence-corrected chi connectivity index (χ0v) is 10.6. The van der Waals surface area contributed by atoms with Crippen LogP contribution in [-0.2, 0) is 0 Å². The van der Waals surface area contributed by atoms with Gasteiger partial charge in [0, 0.05) is 6.54 Å². The van der Waals surface area contributed by atoms with Gasteiger partial charge >= 0.3 is 0 Å². The maximum absolute atomic E-state index is 3.82. The summed E-state index contributed by atoms with van der Waals surface area (Å²) in [5.41, 5.74) is 0.420. The van der Waals surface area contributed by atoms with Gasteiger partial charge in [-0.05, 0) is 37.1 Å². The first kappa shape index (κ1) is 13.7. The van der Waals surface area contributed by atoms with E-state index >= 15 is 0 Å². The van der Waals surface area contributed by atoms with E-state index in [0.29, 0.717) is 5.41 Å². The lowest BCUT2D eigenvalue weighted by molar-refractivity contribution is 0.100. The van der Waals surface area contributed by atoms with Crippen LogP contribution in [0.2, 0.25) is 0 Å². The highest BCUT2D eigenvalue weighted by Crippen LogP contribution is 2.39. The second-order valence-corrected chi connectivity index (χ2v) is 4.90. The summed E-state index contributed by atoms with van der Waals surface area (Å²) in [4.78, 5) is 0. The van der Waals surface area contributed by atoms with Crippen LogP contribution in [0, 0.1) is 17.3 Å². The molecule has 0 aromatic rings. The van der Waals surface area contributed by atoms with Crippen molar-refractivity contribution in [1.29, 1.82) is 0 Å². The highest BCUT2D eigenvalue weighted by molar-refractivity contribution is 4.89. The molecule has 0 saturated heterocycles. The number of rotatable bonds is 7. The predicted molar refractivity (Wildman–Crippen MR) is 65.5 cm³/mol. The fourth-order valence-corrected chi connectivity index (χ4v) is 2.44. The van der Waals surface area contributed by atoms with Gasteiger partial charge in [0.15, 0.2) is 0 Å². The van der Waals surface area contributed by atoms with Crippen LogP contribution in [0.1, 0.15) is 40.5 Å². The summed E-state index contributed by atoms with van der Waals surface area (Å²) < 4.78 is 0. The quantitative estimate of drug-likeness (QED) is 0.616. The summed E-state index contributed by atoms with van der Waals surface area (Å²) >= 11 is 0. The minimum absolute atomic E-state index is 0.420. The average Bonchev–Trinajstić information content (AvgIpc) is 2.11. The van der Waals surface area contributed by atoms with Crippen molar-refractivity contribution in [3.05, 3.63) is 12.7 Å². The number of allylic oxidation sites excluding steroid dienone is 1. The number of hydrogen-bond donors (Lipinski definition) is 1. The Hall–Kier alpha value is -0.300. The van der Waals surface area contributed by atoms with Crippen molar-refractivity contribution in [3.63, 3.8) is 0 Å². The Bertz CT molecular complexity index is 151.